The summed E-state index contributed by atoms with van der Waals surface area (Å²) in [5.41, 5.74) is 4.55. The minimum absolute atomic E-state index is 0.116. The lowest BCUT2D eigenvalue weighted by molar-refractivity contribution is 0.210. The predicted octanol–water partition coefficient (Wildman–Crippen LogP) is 2.98. The molecule has 1 aromatic carbocycles. The molecule has 0 atom stereocenters. The molecule has 1 aliphatic carbocycles. The van der Waals surface area contributed by atoms with Gasteiger partial charge in [0.2, 0.25) is 0 Å². The van der Waals surface area contributed by atoms with E-state index in [9.17, 15) is 8.78 Å². The summed E-state index contributed by atoms with van der Waals surface area (Å²) >= 11 is 0. The first-order valence-electron chi connectivity index (χ1n) is 5.12. The van der Waals surface area contributed by atoms with Gasteiger partial charge < -0.3 is 5.73 Å². The van der Waals surface area contributed by atoms with Gasteiger partial charge in [0.25, 0.3) is 0 Å². The minimum Gasteiger partial charge on any atom is -0.321 e. The number of rotatable bonds is 2. The molecule has 0 bridgehead atoms. The van der Waals surface area contributed by atoms with E-state index in [-0.39, 0.29) is 5.56 Å². The van der Waals surface area contributed by atoms with Crippen LogP contribution in [0.1, 0.15) is 37.8 Å². The van der Waals surface area contributed by atoms with Crippen LogP contribution in [0.4, 0.5) is 8.78 Å². The molecule has 0 aromatic heterocycles. The molecule has 0 radical (unpaired) electrons. The molecular formula is C12H15F2N. The molecule has 1 saturated carbocycles. The van der Waals surface area contributed by atoms with Gasteiger partial charge in [-0.05, 0) is 38.3 Å². The first kappa shape index (κ1) is 10.6. The number of nitrogens with two attached hydrogens (primary N) is 1. The number of hydrogen-bond donors (Lipinski definition) is 1. The van der Waals surface area contributed by atoms with Gasteiger partial charge in [0, 0.05) is 11.1 Å². The topological polar surface area (TPSA) is 26.0 Å². The van der Waals surface area contributed by atoms with Crippen LogP contribution in [-0.2, 0) is 11.2 Å². The Morgan fingerprint density at radius 3 is 2.40 bits per heavy atom. The fourth-order valence-electron chi connectivity index (χ4n) is 1.95. The largest absolute Gasteiger partial charge is 0.321 e. The van der Waals surface area contributed by atoms with Crippen LogP contribution >= 0.6 is 0 Å². The molecule has 0 amide bonds. The average molecular weight is 211 g/mol. The maximum Gasteiger partial charge on any atom is 0.133 e. The van der Waals surface area contributed by atoms with Gasteiger partial charge in [-0.2, -0.15) is 0 Å². The zero-order valence-corrected chi connectivity index (χ0v) is 8.98. The van der Waals surface area contributed by atoms with E-state index in [0.717, 1.165) is 12.8 Å². The van der Waals surface area contributed by atoms with Crippen LogP contribution in [0, 0.1) is 5.82 Å². The van der Waals surface area contributed by atoms with Gasteiger partial charge in [-0.15, -0.1) is 0 Å². The summed E-state index contributed by atoms with van der Waals surface area (Å²) in [5, 5.41) is 0. The van der Waals surface area contributed by atoms with Crippen molar-refractivity contribution < 1.29 is 8.78 Å². The summed E-state index contributed by atoms with van der Waals surface area (Å²) in [6.45, 7) is 2.72. The van der Waals surface area contributed by atoms with Gasteiger partial charge in [0.15, 0.2) is 0 Å². The van der Waals surface area contributed by atoms with Gasteiger partial charge in [-0.1, -0.05) is 12.1 Å². The third-order valence-electron chi connectivity index (χ3n) is 2.93. The number of halogens is 2. The van der Waals surface area contributed by atoms with Crippen molar-refractivity contribution in [2.45, 2.75) is 37.9 Å². The van der Waals surface area contributed by atoms with E-state index >= 15 is 0 Å². The van der Waals surface area contributed by atoms with E-state index in [0.29, 0.717) is 5.56 Å². The van der Waals surface area contributed by atoms with Gasteiger partial charge >= 0.3 is 0 Å². The standard InChI is InChI=1S/C12H15F2N/c1-11(2,14)10-8(12(15)6-7-12)4-3-5-9(10)13/h3-5H,6-7,15H2,1-2H3. The first-order valence-corrected chi connectivity index (χ1v) is 5.12. The molecular weight excluding hydrogens is 196 g/mol. The van der Waals surface area contributed by atoms with Crippen molar-refractivity contribution >= 4 is 0 Å². The average Bonchev–Trinajstić information content (AvgIpc) is 2.82. The van der Waals surface area contributed by atoms with Crippen molar-refractivity contribution in [3.63, 3.8) is 0 Å². The van der Waals surface area contributed by atoms with E-state index in [4.69, 9.17) is 5.73 Å². The maximum absolute atomic E-state index is 13.9. The molecule has 15 heavy (non-hydrogen) atoms. The van der Waals surface area contributed by atoms with Gasteiger partial charge in [0.1, 0.15) is 11.5 Å². The van der Waals surface area contributed by atoms with Crippen molar-refractivity contribution in [1.82, 2.24) is 0 Å². The molecule has 1 nitrogen and oxygen atoms in total. The highest BCUT2D eigenvalue weighted by Crippen LogP contribution is 2.47. The lowest BCUT2D eigenvalue weighted by atomic mass is 9.89. The monoisotopic (exact) mass is 211 g/mol. The van der Waals surface area contributed by atoms with Gasteiger partial charge in [-0.3, -0.25) is 0 Å². The molecule has 2 N–H and O–H groups in total. The Bertz CT molecular complexity index is 389. The van der Waals surface area contributed by atoms with E-state index in [1.165, 1.54) is 19.9 Å². The maximum atomic E-state index is 13.9. The van der Waals surface area contributed by atoms with Gasteiger partial charge in [0.05, 0.1) is 0 Å². The molecule has 2 rings (SSSR count). The van der Waals surface area contributed by atoms with E-state index in [1.807, 2.05) is 0 Å². The lowest BCUT2D eigenvalue weighted by Gasteiger charge is -2.23. The summed E-state index contributed by atoms with van der Waals surface area (Å²) in [6.07, 6.45) is 1.61. The van der Waals surface area contributed by atoms with Crippen LogP contribution in [0.3, 0.4) is 0 Å². The third kappa shape index (κ3) is 1.76. The molecule has 0 heterocycles. The Kier molecular flexibility index (Phi) is 2.12. The fourth-order valence-corrected chi connectivity index (χ4v) is 1.95. The quantitative estimate of drug-likeness (QED) is 0.799. The molecule has 0 saturated heterocycles. The van der Waals surface area contributed by atoms with Crippen LogP contribution in [0.5, 0.6) is 0 Å². The van der Waals surface area contributed by atoms with Crippen molar-refractivity contribution in [3.05, 3.63) is 35.1 Å². The van der Waals surface area contributed by atoms with E-state index in [2.05, 4.69) is 0 Å². The van der Waals surface area contributed by atoms with Crippen molar-refractivity contribution in [2.24, 2.45) is 5.73 Å². The molecule has 0 unspecified atom stereocenters. The summed E-state index contributed by atoms with van der Waals surface area (Å²) in [4.78, 5) is 0. The van der Waals surface area contributed by atoms with Crippen LogP contribution in [0.2, 0.25) is 0 Å². The van der Waals surface area contributed by atoms with Crippen molar-refractivity contribution in [3.8, 4) is 0 Å². The van der Waals surface area contributed by atoms with Crippen LogP contribution in [0.25, 0.3) is 0 Å². The first-order chi connectivity index (χ1) is 6.84. The highest BCUT2D eigenvalue weighted by Gasteiger charge is 2.44. The second-order valence-electron chi connectivity index (χ2n) is 4.79. The molecule has 1 fully saturated rings. The summed E-state index contributed by atoms with van der Waals surface area (Å²) in [6, 6.07) is 4.60. The summed E-state index contributed by atoms with van der Waals surface area (Å²) < 4.78 is 27.5. The summed E-state index contributed by atoms with van der Waals surface area (Å²) in [5.74, 6) is -0.503. The van der Waals surface area contributed by atoms with Crippen molar-refractivity contribution in [1.29, 1.82) is 0 Å². The van der Waals surface area contributed by atoms with E-state index < -0.39 is 17.0 Å². The van der Waals surface area contributed by atoms with Gasteiger partial charge in [-0.25, -0.2) is 8.78 Å². The second kappa shape index (κ2) is 3.01. The summed E-state index contributed by atoms with van der Waals surface area (Å²) in [7, 11) is 0. The number of hydrogen-bond acceptors (Lipinski definition) is 1. The fraction of sp³-hybridized carbons (Fsp3) is 0.500. The Morgan fingerprint density at radius 1 is 1.33 bits per heavy atom. The molecule has 3 heteroatoms. The van der Waals surface area contributed by atoms with E-state index in [1.54, 1.807) is 12.1 Å². The second-order valence-corrected chi connectivity index (χ2v) is 4.79. The Morgan fingerprint density at radius 2 is 1.93 bits per heavy atom. The third-order valence-corrected chi connectivity index (χ3v) is 2.93. The molecule has 1 aliphatic rings. The van der Waals surface area contributed by atoms with Crippen molar-refractivity contribution in [2.75, 3.05) is 0 Å². The lowest BCUT2D eigenvalue weighted by Crippen LogP contribution is -2.26. The molecule has 0 aliphatic heterocycles. The predicted molar refractivity (Wildman–Crippen MR) is 55.6 cm³/mol. The zero-order valence-electron chi connectivity index (χ0n) is 8.98. The Balaban J connectivity index is 2.60. The normalized spacial score (nSPS) is 19.0. The number of alkyl halides is 1. The highest BCUT2D eigenvalue weighted by molar-refractivity contribution is 5.41. The highest BCUT2D eigenvalue weighted by atomic mass is 19.1. The van der Waals surface area contributed by atoms with Crippen LogP contribution < -0.4 is 5.73 Å². The molecule has 82 valence electrons. The zero-order chi connectivity index (χ0) is 11.3. The SMILES string of the molecule is CC(C)(F)c1c(F)cccc1C1(N)CC1. The molecule has 1 aromatic rings. The van der Waals surface area contributed by atoms with Crippen LogP contribution in [-0.4, -0.2) is 0 Å². The smallest absolute Gasteiger partial charge is 0.133 e. The minimum atomic E-state index is -1.68. The molecule has 0 spiro atoms. The Hall–Kier alpha value is -0.960. The Labute approximate surface area is 88.3 Å². The number of benzene rings is 1. The van der Waals surface area contributed by atoms with Crippen LogP contribution in [0.15, 0.2) is 18.2 Å².